The zero-order valence-corrected chi connectivity index (χ0v) is 16.1. The highest BCUT2D eigenvalue weighted by Gasteiger charge is 2.25. The predicted molar refractivity (Wildman–Crippen MR) is 96.6 cm³/mol. The largest absolute Gasteiger partial charge is 0.310 e. The van der Waals surface area contributed by atoms with Gasteiger partial charge in [-0.25, -0.2) is 13.4 Å². The van der Waals surface area contributed by atoms with Crippen LogP contribution in [0.1, 0.15) is 5.69 Å². The predicted octanol–water partition coefficient (Wildman–Crippen LogP) is 3.07. The van der Waals surface area contributed by atoms with Gasteiger partial charge in [-0.3, -0.25) is 4.79 Å². The van der Waals surface area contributed by atoms with Crippen LogP contribution in [-0.4, -0.2) is 37.2 Å². The average molecular weight is 433 g/mol. The molecule has 0 spiro atoms. The molecule has 0 unspecified atom stereocenters. The van der Waals surface area contributed by atoms with Gasteiger partial charge in [-0.2, -0.15) is 4.31 Å². The van der Waals surface area contributed by atoms with Crippen LogP contribution < -0.4 is 5.32 Å². The number of sulfonamides is 1. The molecule has 2 aromatic rings. The Morgan fingerprint density at radius 3 is 2.67 bits per heavy atom. The first-order valence-corrected chi connectivity index (χ1v) is 9.46. The number of aromatic nitrogens is 1. The molecular weight excluding hydrogens is 418 g/mol. The number of amides is 1. The number of rotatable bonds is 5. The van der Waals surface area contributed by atoms with Crippen LogP contribution in [0.15, 0.2) is 45.8 Å². The van der Waals surface area contributed by atoms with Gasteiger partial charge in [0.05, 0.1) is 11.6 Å². The summed E-state index contributed by atoms with van der Waals surface area (Å²) in [6.45, 7) is 1.44. The van der Waals surface area contributed by atoms with Crippen LogP contribution in [0.5, 0.6) is 0 Å². The van der Waals surface area contributed by atoms with E-state index in [2.05, 4.69) is 26.2 Å². The molecule has 0 saturated heterocycles. The summed E-state index contributed by atoms with van der Waals surface area (Å²) in [4.78, 5) is 16.1. The highest BCUT2D eigenvalue weighted by molar-refractivity contribution is 9.10. The highest BCUT2D eigenvalue weighted by atomic mass is 79.9. The number of anilines is 1. The number of benzene rings is 1. The van der Waals surface area contributed by atoms with Gasteiger partial charge in [0.1, 0.15) is 10.7 Å². The smallest absolute Gasteiger partial charge is 0.244 e. The van der Waals surface area contributed by atoms with E-state index < -0.39 is 15.9 Å². The zero-order valence-electron chi connectivity index (χ0n) is 13.0. The van der Waals surface area contributed by atoms with Crippen molar-refractivity contribution < 1.29 is 13.2 Å². The third-order valence-corrected chi connectivity index (χ3v) is 5.88. The molecule has 6 nitrogen and oxygen atoms in total. The minimum Gasteiger partial charge on any atom is -0.310 e. The van der Waals surface area contributed by atoms with Gasteiger partial charge in [-0.1, -0.05) is 33.6 Å². The molecule has 24 heavy (non-hydrogen) atoms. The van der Waals surface area contributed by atoms with Crippen molar-refractivity contribution in [3.8, 4) is 0 Å². The number of aryl methyl sites for hydroxylation is 1. The molecule has 0 aliphatic heterocycles. The minimum atomic E-state index is -3.88. The maximum atomic E-state index is 12.5. The van der Waals surface area contributed by atoms with Crippen LogP contribution in [0.4, 0.5) is 5.82 Å². The Morgan fingerprint density at radius 1 is 1.33 bits per heavy atom. The van der Waals surface area contributed by atoms with Crippen molar-refractivity contribution in [1.82, 2.24) is 9.29 Å². The number of hydrogen-bond donors (Lipinski definition) is 1. The molecule has 0 fully saturated rings. The second-order valence-electron chi connectivity index (χ2n) is 5.05. The second kappa shape index (κ2) is 7.60. The molecule has 1 amide bonds. The topological polar surface area (TPSA) is 79.4 Å². The lowest BCUT2D eigenvalue weighted by Gasteiger charge is -2.17. The molecular formula is C15H15BrClN3O3S. The fourth-order valence-corrected chi connectivity index (χ4v) is 4.07. The van der Waals surface area contributed by atoms with Crippen molar-refractivity contribution >= 4 is 49.3 Å². The first-order chi connectivity index (χ1) is 11.2. The van der Waals surface area contributed by atoms with Gasteiger partial charge in [-0.15, -0.1) is 0 Å². The molecule has 9 heteroatoms. The first-order valence-electron chi connectivity index (χ1n) is 6.85. The lowest BCUT2D eigenvalue weighted by molar-refractivity contribution is -0.116. The van der Waals surface area contributed by atoms with E-state index in [0.29, 0.717) is 10.3 Å². The maximum absolute atomic E-state index is 12.5. The summed E-state index contributed by atoms with van der Waals surface area (Å²) in [6, 6.07) is 9.62. The van der Waals surface area contributed by atoms with Gasteiger partial charge in [0.15, 0.2) is 0 Å². The summed E-state index contributed by atoms with van der Waals surface area (Å²) >= 11 is 9.21. The van der Waals surface area contributed by atoms with Crippen molar-refractivity contribution in [2.45, 2.75) is 11.8 Å². The molecule has 0 bridgehead atoms. The van der Waals surface area contributed by atoms with Crippen LogP contribution in [0.25, 0.3) is 0 Å². The van der Waals surface area contributed by atoms with E-state index in [4.69, 9.17) is 11.6 Å². The molecule has 2 rings (SSSR count). The van der Waals surface area contributed by atoms with Crippen LogP contribution in [-0.2, 0) is 14.8 Å². The third kappa shape index (κ3) is 4.54. The molecule has 0 saturated carbocycles. The van der Waals surface area contributed by atoms with Crippen molar-refractivity contribution in [1.29, 1.82) is 0 Å². The van der Waals surface area contributed by atoms with Gasteiger partial charge in [0.2, 0.25) is 15.9 Å². The van der Waals surface area contributed by atoms with Crippen molar-refractivity contribution in [3.05, 3.63) is 51.6 Å². The molecule has 1 heterocycles. The minimum absolute atomic E-state index is 0.0589. The Labute approximate surface area is 154 Å². The van der Waals surface area contributed by atoms with Crippen LogP contribution in [0.2, 0.25) is 5.02 Å². The monoisotopic (exact) mass is 431 g/mol. The number of hydrogen-bond acceptors (Lipinski definition) is 4. The number of nitrogens with one attached hydrogen (secondary N) is 1. The van der Waals surface area contributed by atoms with Crippen LogP contribution >= 0.6 is 27.5 Å². The molecule has 1 aromatic carbocycles. The standard InChI is InChI=1S/C15H15BrClN3O3S/c1-10-4-3-5-14(18-10)19-15(21)9-20(2)24(22,23)13-7-6-11(16)8-12(13)17/h3-8H,9H2,1-2H3,(H,18,19,21). The number of carbonyl (C=O) groups is 1. The Balaban J connectivity index is 2.12. The van der Waals surface area contributed by atoms with E-state index >= 15 is 0 Å². The number of likely N-dealkylation sites (N-methyl/N-ethyl adjacent to an activating group) is 1. The van der Waals surface area contributed by atoms with Crippen LogP contribution in [0, 0.1) is 6.92 Å². The Bertz CT molecular complexity index is 874. The summed E-state index contributed by atoms with van der Waals surface area (Å²) in [6.07, 6.45) is 0. The molecule has 128 valence electrons. The fraction of sp³-hybridized carbons (Fsp3) is 0.200. The van der Waals surface area contributed by atoms with Gasteiger partial charge < -0.3 is 5.32 Å². The number of nitrogens with zero attached hydrogens (tertiary/aromatic N) is 2. The average Bonchev–Trinajstić information content (AvgIpc) is 2.46. The number of pyridine rings is 1. The maximum Gasteiger partial charge on any atom is 0.244 e. The quantitative estimate of drug-likeness (QED) is 0.787. The molecule has 0 radical (unpaired) electrons. The Kier molecular flexibility index (Phi) is 5.97. The van der Waals surface area contributed by atoms with Crippen molar-refractivity contribution in [2.75, 3.05) is 18.9 Å². The molecule has 0 atom stereocenters. The van der Waals surface area contributed by atoms with Crippen LogP contribution in [0.3, 0.4) is 0 Å². The van der Waals surface area contributed by atoms with Gasteiger partial charge in [0.25, 0.3) is 0 Å². The van der Waals surface area contributed by atoms with E-state index in [1.165, 1.54) is 19.2 Å². The molecule has 0 aliphatic rings. The van der Waals surface area contributed by atoms with Gasteiger partial charge in [0, 0.05) is 17.2 Å². The number of carbonyl (C=O) groups excluding carboxylic acids is 1. The van der Waals surface area contributed by atoms with E-state index in [-0.39, 0.29) is 16.5 Å². The SMILES string of the molecule is Cc1cccc(NC(=O)CN(C)S(=O)(=O)c2ccc(Br)cc2Cl)n1. The summed E-state index contributed by atoms with van der Waals surface area (Å²) in [5, 5.41) is 2.64. The molecule has 0 aliphatic carbocycles. The van der Waals surface area contributed by atoms with E-state index in [0.717, 1.165) is 10.00 Å². The van der Waals surface area contributed by atoms with E-state index in [1.807, 2.05) is 0 Å². The second-order valence-corrected chi connectivity index (χ2v) is 8.38. The summed E-state index contributed by atoms with van der Waals surface area (Å²) in [5.41, 5.74) is 0.746. The Hall–Kier alpha value is -1.48. The van der Waals surface area contributed by atoms with Gasteiger partial charge >= 0.3 is 0 Å². The van der Waals surface area contributed by atoms with Gasteiger partial charge in [-0.05, 0) is 37.3 Å². The third-order valence-electron chi connectivity index (χ3n) is 3.10. The summed E-state index contributed by atoms with van der Waals surface area (Å²) in [5.74, 6) is -0.125. The zero-order chi connectivity index (χ0) is 17.9. The number of halogens is 2. The Morgan fingerprint density at radius 2 is 2.04 bits per heavy atom. The van der Waals surface area contributed by atoms with E-state index in [9.17, 15) is 13.2 Å². The highest BCUT2D eigenvalue weighted by Crippen LogP contribution is 2.27. The normalized spacial score (nSPS) is 11.5. The van der Waals surface area contributed by atoms with Crippen molar-refractivity contribution in [2.24, 2.45) is 0 Å². The lowest BCUT2D eigenvalue weighted by Crippen LogP contribution is -2.35. The first kappa shape index (κ1) is 18.9. The fourth-order valence-electron chi connectivity index (χ4n) is 1.93. The van der Waals surface area contributed by atoms with E-state index in [1.54, 1.807) is 31.2 Å². The summed E-state index contributed by atoms with van der Waals surface area (Å²) in [7, 11) is -2.57. The molecule has 1 N–H and O–H groups in total. The molecule has 1 aromatic heterocycles. The summed E-state index contributed by atoms with van der Waals surface area (Å²) < 4.78 is 26.7. The lowest BCUT2D eigenvalue weighted by atomic mass is 10.4. The van der Waals surface area contributed by atoms with Crippen molar-refractivity contribution in [3.63, 3.8) is 0 Å².